The van der Waals surface area contributed by atoms with Gasteiger partial charge in [-0.3, -0.25) is 14.0 Å². The SMILES string of the molecule is Cc1nncn1-c1cccc(NC(=O)CCn2cccn2)c1. The Morgan fingerprint density at radius 3 is 2.95 bits per heavy atom. The number of carbonyl (C=O) groups excluding carboxylic acids is 1. The Morgan fingerprint density at radius 2 is 2.23 bits per heavy atom. The predicted octanol–water partition coefficient (Wildman–Crippen LogP) is 1.80. The molecule has 7 nitrogen and oxygen atoms in total. The fourth-order valence-electron chi connectivity index (χ4n) is 2.15. The molecular formula is C15H16N6O. The molecule has 0 saturated heterocycles. The number of anilines is 1. The summed E-state index contributed by atoms with van der Waals surface area (Å²) in [5.74, 6) is 0.746. The van der Waals surface area contributed by atoms with Gasteiger partial charge in [-0.1, -0.05) is 6.07 Å². The number of benzene rings is 1. The van der Waals surface area contributed by atoms with Crippen LogP contribution in [-0.2, 0) is 11.3 Å². The Hall–Kier alpha value is -2.96. The second-order valence-electron chi connectivity index (χ2n) is 4.87. The summed E-state index contributed by atoms with van der Waals surface area (Å²) in [5, 5.41) is 14.8. The molecule has 22 heavy (non-hydrogen) atoms. The summed E-state index contributed by atoms with van der Waals surface area (Å²) in [6.45, 7) is 2.44. The van der Waals surface area contributed by atoms with E-state index in [-0.39, 0.29) is 5.91 Å². The van der Waals surface area contributed by atoms with Crippen LogP contribution in [0.2, 0.25) is 0 Å². The Balaban J connectivity index is 1.65. The van der Waals surface area contributed by atoms with E-state index in [1.165, 1.54) is 0 Å². The first-order valence-electron chi connectivity index (χ1n) is 6.97. The number of carbonyl (C=O) groups is 1. The van der Waals surface area contributed by atoms with Gasteiger partial charge in [0.2, 0.25) is 5.91 Å². The molecule has 1 amide bonds. The summed E-state index contributed by atoms with van der Waals surface area (Å²) in [4.78, 5) is 12.0. The number of hydrogen-bond donors (Lipinski definition) is 1. The van der Waals surface area contributed by atoms with Crippen LogP contribution in [0.4, 0.5) is 5.69 Å². The molecule has 3 aromatic rings. The zero-order valence-corrected chi connectivity index (χ0v) is 12.2. The van der Waals surface area contributed by atoms with Crippen LogP contribution < -0.4 is 5.32 Å². The molecule has 0 atom stereocenters. The van der Waals surface area contributed by atoms with Gasteiger partial charge in [0, 0.05) is 31.0 Å². The van der Waals surface area contributed by atoms with Crippen molar-refractivity contribution >= 4 is 11.6 Å². The van der Waals surface area contributed by atoms with E-state index in [2.05, 4.69) is 20.6 Å². The molecule has 0 spiro atoms. The molecule has 2 aromatic heterocycles. The van der Waals surface area contributed by atoms with Gasteiger partial charge in [-0.2, -0.15) is 5.10 Å². The summed E-state index contributed by atoms with van der Waals surface area (Å²) in [6, 6.07) is 9.41. The maximum Gasteiger partial charge on any atom is 0.226 e. The quantitative estimate of drug-likeness (QED) is 0.779. The summed E-state index contributed by atoms with van der Waals surface area (Å²) < 4.78 is 3.59. The molecule has 0 aliphatic heterocycles. The van der Waals surface area contributed by atoms with Crippen molar-refractivity contribution in [1.82, 2.24) is 24.5 Å². The standard InChI is InChI=1S/C15H16N6O/c1-12-19-16-11-21(12)14-5-2-4-13(10-14)18-15(22)6-9-20-8-3-7-17-20/h2-5,7-8,10-11H,6,9H2,1H3,(H,18,22). The lowest BCUT2D eigenvalue weighted by atomic mass is 10.2. The second-order valence-corrected chi connectivity index (χ2v) is 4.87. The van der Waals surface area contributed by atoms with Gasteiger partial charge in [0.1, 0.15) is 12.2 Å². The highest BCUT2D eigenvalue weighted by molar-refractivity contribution is 5.90. The smallest absolute Gasteiger partial charge is 0.226 e. The first-order valence-corrected chi connectivity index (χ1v) is 6.97. The van der Waals surface area contributed by atoms with E-state index in [4.69, 9.17) is 0 Å². The van der Waals surface area contributed by atoms with Gasteiger partial charge in [-0.25, -0.2) is 0 Å². The molecule has 0 bridgehead atoms. The van der Waals surface area contributed by atoms with E-state index < -0.39 is 0 Å². The van der Waals surface area contributed by atoms with Crippen molar-refractivity contribution < 1.29 is 4.79 Å². The highest BCUT2D eigenvalue weighted by Crippen LogP contribution is 2.15. The lowest BCUT2D eigenvalue weighted by Gasteiger charge is -2.08. The normalized spacial score (nSPS) is 10.6. The average molecular weight is 296 g/mol. The van der Waals surface area contributed by atoms with E-state index >= 15 is 0 Å². The lowest BCUT2D eigenvalue weighted by Crippen LogP contribution is -2.14. The van der Waals surface area contributed by atoms with Gasteiger partial charge in [0.25, 0.3) is 0 Å². The molecule has 0 aliphatic rings. The molecule has 7 heteroatoms. The predicted molar refractivity (Wildman–Crippen MR) is 81.6 cm³/mol. The summed E-state index contributed by atoms with van der Waals surface area (Å²) in [6.07, 6.45) is 5.55. The van der Waals surface area contributed by atoms with E-state index in [0.717, 1.165) is 17.2 Å². The fourth-order valence-corrected chi connectivity index (χ4v) is 2.15. The number of amides is 1. The van der Waals surface area contributed by atoms with E-state index in [9.17, 15) is 4.79 Å². The highest BCUT2D eigenvalue weighted by atomic mass is 16.1. The maximum absolute atomic E-state index is 12.0. The third-order valence-electron chi connectivity index (χ3n) is 3.25. The second kappa shape index (κ2) is 6.21. The molecule has 1 aromatic carbocycles. The number of hydrogen-bond acceptors (Lipinski definition) is 4. The summed E-state index contributed by atoms with van der Waals surface area (Å²) >= 11 is 0. The van der Waals surface area contributed by atoms with Crippen molar-refractivity contribution in [3.8, 4) is 5.69 Å². The topological polar surface area (TPSA) is 77.6 Å². The van der Waals surface area contributed by atoms with Crippen LogP contribution in [0.15, 0.2) is 49.1 Å². The fraction of sp³-hybridized carbons (Fsp3) is 0.200. The van der Waals surface area contributed by atoms with Crippen LogP contribution in [0.5, 0.6) is 0 Å². The van der Waals surface area contributed by atoms with Crippen molar-refractivity contribution in [2.45, 2.75) is 19.9 Å². The number of aromatic nitrogens is 5. The molecule has 0 fully saturated rings. The van der Waals surface area contributed by atoms with Crippen LogP contribution in [0.1, 0.15) is 12.2 Å². The molecule has 1 N–H and O–H groups in total. The van der Waals surface area contributed by atoms with Gasteiger partial charge >= 0.3 is 0 Å². The molecule has 0 aliphatic carbocycles. The minimum Gasteiger partial charge on any atom is -0.326 e. The molecule has 3 rings (SSSR count). The minimum atomic E-state index is -0.0480. The Bertz CT molecular complexity index is 762. The van der Waals surface area contributed by atoms with Gasteiger partial charge in [-0.05, 0) is 31.2 Å². The largest absolute Gasteiger partial charge is 0.326 e. The number of aryl methyl sites for hydroxylation is 2. The maximum atomic E-state index is 12.0. The molecule has 2 heterocycles. The third-order valence-corrected chi connectivity index (χ3v) is 3.25. The van der Waals surface area contributed by atoms with Crippen molar-refractivity contribution in [3.05, 3.63) is 54.9 Å². The highest BCUT2D eigenvalue weighted by Gasteiger charge is 2.06. The Kier molecular flexibility index (Phi) is 3.95. The zero-order valence-electron chi connectivity index (χ0n) is 12.2. The Morgan fingerprint density at radius 1 is 1.32 bits per heavy atom. The van der Waals surface area contributed by atoms with Crippen LogP contribution in [0.25, 0.3) is 5.69 Å². The molecule has 112 valence electrons. The number of rotatable bonds is 5. The van der Waals surface area contributed by atoms with Crippen LogP contribution in [0, 0.1) is 6.92 Å². The average Bonchev–Trinajstić information content (AvgIpc) is 3.16. The van der Waals surface area contributed by atoms with Crippen LogP contribution in [0.3, 0.4) is 0 Å². The van der Waals surface area contributed by atoms with Crippen molar-refractivity contribution in [2.24, 2.45) is 0 Å². The molecular weight excluding hydrogens is 280 g/mol. The molecule has 0 radical (unpaired) electrons. The van der Waals surface area contributed by atoms with Crippen molar-refractivity contribution in [3.63, 3.8) is 0 Å². The summed E-state index contributed by atoms with van der Waals surface area (Å²) in [7, 11) is 0. The molecule has 0 unspecified atom stereocenters. The minimum absolute atomic E-state index is 0.0480. The third kappa shape index (κ3) is 3.20. The van der Waals surface area contributed by atoms with Crippen molar-refractivity contribution in [2.75, 3.05) is 5.32 Å². The van der Waals surface area contributed by atoms with E-state index in [1.807, 2.05) is 48.0 Å². The number of nitrogens with one attached hydrogen (secondary N) is 1. The van der Waals surface area contributed by atoms with Gasteiger partial charge in [0.15, 0.2) is 0 Å². The zero-order chi connectivity index (χ0) is 15.4. The monoisotopic (exact) mass is 296 g/mol. The number of nitrogens with zero attached hydrogens (tertiary/aromatic N) is 5. The van der Waals surface area contributed by atoms with Gasteiger partial charge in [0.05, 0.1) is 5.69 Å². The van der Waals surface area contributed by atoms with Crippen LogP contribution >= 0.6 is 0 Å². The van der Waals surface area contributed by atoms with Crippen molar-refractivity contribution in [1.29, 1.82) is 0 Å². The first-order chi connectivity index (χ1) is 10.7. The van der Waals surface area contributed by atoms with Gasteiger partial charge in [-0.15, -0.1) is 10.2 Å². The molecule has 0 saturated carbocycles. The van der Waals surface area contributed by atoms with E-state index in [1.54, 1.807) is 17.2 Å². The summed E-state index contributed by atoms with van der Waals surface area (Å²) in [5.41, 5.74) is 1.66. The van der Waals surface area contributed by atoms with Gasteiger partial charge < -0.3 is 5.32 Å². The van der Waals surface area contributed by atoms with E-state index in [0.29, 0.717) is 13.0 Å². The van der Waals surface area contributed by atoms with Crippen LogP contribution in [-0.4, -0.2) is 30.5 Å². The Labute approximate surface area is 127 Å². The first kappa shape index (κ1) is 14.0. The lowest BCUT2D eigenvalue weighted by molar-refractivity contribution is -0.116.